The van der Waals surface area contributed by atoms with Gasteiger partial charge < -0.3 is 19.9 Å². The molecule has 3 heterocycles. The van der Waals surface area contributed by atoms with Crippen LogP contribution in [0.4, 0.5) is 24.1 Å². The number of nitrogens with zero attached hydrogens (tertiary/aromatic N) is 4. The predicted molar refractivity (Wildman–Crippen MR) is 136 cm³/mol. The van der Waals surface area contributed by atoms with E-state index in [0.717, 1.165) is 34.6 Å². The van der Waals surface area contributed by atoms with Crippen LogP contribution in [0.5, 0.6) is 0 Å². The standard InChI is InChI=1S/C25H23F3N6O4S/c1-11-19(23(36)37-12(2)25(26,27)28)39-24(30-11)33-22(35)16-8-17(9-16)32-21-18-10-15(20-31-13(3)38-34-20)5-4-14(18)6-7-29-21/h4-7,10,12,16-17H,8-9H2,1-3H3,(H,29,32)(H,30,33,35). The van der Waals surface area contributed by atoms with E-state index in [-0.39, 0.29) is 33.6 Å². The summed E-state index contributed by atoms with van der Waals surface area (Å²) in [6.45, 7) is 3.93. The maximum atomic E-state index is 12.7. The molecule has 1 aromatic carbocycles. The van der Waals surface area contributed by atoms with Gasteiger partial charge in [-0.25, -0.2) is 14.8 Å². The lowest BCUT2D eigenvalue weighted by Gasteiger charge is -2.35. The second-order valence-corrected chi connectivity index (χ2v) is 10.3. The predicted octanol–water partition coefficient (Wildman–Crippen LogP) is 5.29. The summed E-state index contributed by atoms with van der Waals surface area (Å²) >= 11 is 0.779. The summed E-state index contributed by atoms with van der Waals surface area (Å²) in [5.41, 5.74) is 0.969. The van der Waals surface area contributed by atoms with Gasteiger partial charge in [-0.3, -0.25) is 4.79 Å². The quantitative estimate of drug-likeness (QED) is 0.289. The molecule has 1 fully saturated rings. The molecular weight excluding hydrogens is 537 g/mol. The van der Waals surface area contributed by atoms with E-state index in [4.69, 9.17) is 4.52 Å². The third kappa shape index (κ3) is 5.70. The number of hydrogen-bond acceptors (Lipinski definition) is 10. The average Bonchev–Trinajstić information content (AvgIpc) is 3.45. The number of alkyl halides is 3. The van der Waals surface area contributed by atoms with Crippen molar-refractivity contribution in [3.63, 3.8) is 0 Å². The van der Waals surface area contributed by atoms with E-state index in [2.05, 4.69) is 35.5 Å². The molecule has 0 saturated heterocycles. The Hall–Kier alpha value is -4.07. The van der Waals surface area contributed by atoms with Gasteiger partial charge in [-0.2, -0.15) is 18.2 Å². The zero-order valence-electron chi connectivity index (χ0n) is 21.0. The molecule has 0 bridgehead atoms. The number of rotatable bonds is 7. The minimum absolute atomic E-state index is 0.00218. The Bertz CT molecular complexity index is 1550. The van der Waals surface area contributed by atoms with Crippen LogP contribution in [0.15, 0.2) is 35.0 Å². The van der Waals surface area contributed by atoms with Gasteiger partial charge in [0.05, 0.1) is 5.69 Å². The normalized spacial score (nSPS) is 17.9. The van der Waals surface area contributed by atoms with Gasteiger partial charge in [-0.05, 0) is 44.2 Å². The molecule has 5 rings (SSSR count). The molecule has 1 atom stereocenters. The minimum Gasteiger partial charge on any atom is -0.449 e. The Morgan fingerprint density at radius 3 is 2.64 bits per heavy atom. The molecule has 1 amide bonds. The fourth-order valence-electron chi connectivity index (χ4n) is 4.11. The van der Waals surface area contributed by atoms with E-state index < -0.39 is 18.2 Å². The summed E-state index contributed by atoms with van der Waals surface area (Å²) in [5.74, 6) is -0.110. The van der Waals surface area contributed by atoms with Crippen LogP contribution in [-0.2, 0) is 9.53 Å². The van der Waals surface area contributed by atoms with Crippen LogP contribution in [-0.4, -0.2) is 50.3 Å². The Kier molecular flexibility index (Phi) is 6.97. The van der Waals surface area contributed by atoms with Crippen LogP contribution < -0.4 is 10.6 Å². The molecule has 4 aromatic rings. The second-order valence-electron chi connectivity index (χ2n) is 9.25. The van der Waals surface area contributed by atoms with E-state index in [0.29, 0.717) is 30.4 Å². The van der Waals surface area contributed by atoms with Crippen molar-refractivity contribution < 1.29 is 32.0 Å². The molecule has 1 saturated carbocycles. The highest BCUT2D eigenvalue weighted by molar-refractivity contribution is 7.17. The molecule has 204 valence electrons. The van der Waals surface area contributed by atoms with Crippen LogP contribution in [0.25, 0.3) is 22.2 Å². The lowest BCUT2D eigenvalue weighted by molar-refractivity contribution is -0.198. The summed E-state index contributed by atoms with van der Waals surface area (Å²) < 4.78 is 47.7. The van der Waals surface area contributed by atoms with E-state index in [9.17, 15) is 22.8 Å². The summed E-state index contributed by atoms with van der Waals surface area (Å²) in [4.78, 5) is 37.6. The summed E-state index contributed by atoms with van der Waals surface area (Å²) in [6.07, 6.45) is -4.15. The molecule has 1 unspecified atom stereocenters. The highest BCUT2D eigenvalue weighted by atomic mass is 32.1. The van der Waals surface area contributed by atoms with E-state index in [1.807, 2.05) is 24.3 Å². The number of thiazole rings is 1. The number of esters is 1. The third-order valence-corrected chi connectivity index (χ3v) is 7.41. The Morgan fingerprint density at radius 1 is 1.18 bits per heavy atom. The Labute approximate surface area is 224 Å². The first-order valence-corrected chi connectivity index (χ1v) is 12.8. The van der Waals surface area contributed by atoms with Crippen molar-refractivity contribution in [2.45, 2.75) is 51.9 Å². The summed E-state index contributed by atoms with van der Waals surface area (Å²) in [5, 5.41) is 12.0. The summed E-state index contributed by atoms with van der Waals surface area (Å²) in [6, 6.07) is 7.68. The fourth-order valence-corrected chi connectivity index (χ4v) is 4.96. The average molecular weight is 561 g/mol. The number of fused-ring (bicyclic) bond motifs is 1. The molecule has 3 aromatic heterocycles. The van der Waals surface area contributed by atoms with Crippen molar-refractivity contribution in [1.82, 2.24) is 20.1 Å². The second kappa shape index (κ2) is 10.2. The SMILES string of the molecule is Cc1nc(-c2ccc3ccnc(NC4CC(C(=O)Nc5nc(C)c(C(=O)OC(C)C(F)(F)F)s5)C4)c3c2)no1. The lowest BCUT2D eigenvalue weighted by atomic mass is 9.79. The molecular formula is C25H23F3N6O4S. The van der Waals surface area contributed by atoms with Gasteiger partial charge >= 0.3 is 12.1 Å². The third-order valence-electron chi connectivity index (χ3n) is 6.36. The smallest absolute Gasteiger partial charge is 0.425 e. The van der Waals surface area contributed by atoms with Crippen LogP contribution >= 0.6 is 11.3 Å². The van der Waals surface area contributed by atoms with E-state index >= 15 is 0 Å². The van der Waals surface area contributed by atoms with E-state index in [1.165, 1.54) is 6.92 Å². The van der Waals surface area contributed by atoms with Crippen molar-refractivity contribution in [1.29, 1.82) is 0 Å². The van der Waals surface area contributed by atoms with Crippen LogP contribution in [0.3, 0.4) is 0 Å². The first-order chi connectivity index (χ1) is 18.5. The van der Waals surface area contributed by atoms with Crippen molar-refractivity contribution in [3.8, 4) is 11.4 Å². The number of amides is 1. The summed E-state index contributed by atoms with van der Waals surface area (Å²) in [7, 11) is 0. The van der Waals surface area contributed by atoms with Gasteiger partial charge in [0.25, 0.3) is 0 Å². The van der Waals surface area contributed by atoms with Gasteiger partial charge in [0.2, 0.25) is 17.6 Å². The molecule has 2 N–H and O–H groups in total. The fraction of sp³-hybridized carbons (Fsp3) is 0.360. The number of nitrogens with one attached hydrogen (secondary N) is 2. The number of aromatic nitrogens is 4. The molecule has 14 heteroatoms. The first kappa shape index (κ1) is 26.5. The molecule has 39 heavy (non-hydrogen) atoms. The zero-order chi connectivity index (χ0) is 27.9. The number of benzene rings is 1. The molecule has 1 aliphatic rings. The molecule has 0 spiro atoms. The van der Waals surface area contributed by atoms with E-state index in [1.54, 1.807) is 13.1 Å². The molecule has 10 nitrogen and oxygen atoms in total. The number of pyridine rings is 1. The number of ether oxygens (including phenoxy) is 1. The Morgan fingerprint density at radius 2 is 1.95 bits per heavy atom. The molecule has 1 aliphatic carbocycles. The maximum Gasteiger partial charge on any atom is 0.425 e. The number of halogens is 3. The highest BCUT2D eigenvalue weighted by Crippen LogP contribution is 2.35. The lowest BCUT2D eigenvalue weighted by Crippen LogP contribution is -2.42. The maximum absolute atomic E-state index is 12.7. The van der Waals surface area contributed by atoms with Crippen LogP contribution in [0.1, 0.15) is 41.0 Å². The van der Waals surface area contributed by atoms with Gasteiger partial charge in [0.1, 0.15) is 10.7 Å². The van der Waals surface area contributed by atoms with Gasteiger partial charge in [0.15, 0.2) is 11.2 Å². The van der Waals surface area contributed by atoms with Crippen LogP contribution in [0, 0.1) is 19.8 Å². The van der Waals surface area contributed by atoms with Crippen molar-refractivity contribution in [2.75, 3.05) is 10.6 Å². The monoisotopic (exact) mass is 560 g/mol. The zero-order valence-corrected chi connectivity index (χ0v) is 21.8. The Balaban J connectivity index is 1.19. The van der Waals surface area contributed by atoms with Gasteiger partial charge in [-0.1, -0.05) is 28.6 Å². The van der Waals surface area contributed by atoms with Crippen LogP contribution in [0.2, 0.25) is 0 Å². The topological polar surface area (TPSA) is 132 Å². The number of carbonyl (C=O) groups is 2. The number of carbonyl (C=O) groups excluding carboxylic acids is 2. The van der Waals surface area contributed by atoms with Crippen molar-refractivity contribution in [2.24, 2.45) is 5.92 Å². The number of hydrogen-bond donors (Lipinski definition) is 2. The molecule has 0 aliphatic heterocycles. The largest absolute Gasteiger partial charge is 0.449 e. The number of anilines is 2. The first-order valence-electron chi connectivity index (χ1n) is 12.0. The van der Waals surface area contributed by atoms with Gasteiger partial charge in [0, 0.05) is 36.0 Å². The molecule has 0 radical (unpaired) electrons. The highest BCUT2D eigenvalue weighted by Gasteiger charge is 2.40. The number of aryl methyl sites for hydroxylation is 2. The minimum atomic E-state index is -4.67. The van der Waals surface area contributed by atoms with Crippen molar-refractivity contribution >= 4 is 44.9 Å². The van der Waals surface area contributed by atoms with Crippen molar-refractivity contribution in [3.05, 3.63) is 46.9 Å². The van der Waals surface area contributed by atoms with Gasteiger partial charge in [-0.15, -0.1) is 0 Å².